The maximum absolute atomic E-state index is 12.8. The number of aromatic nitrogens is 3. The largest absolute Gasteiger partial charge is 0.493 e. The monoisotopic (exact) mass is 475 g/mol. The third kappa shape index (κ3) is 4.25. The number of anilines is 1. The smallest absolute Gasteiger partial charge is 0.274 e. The molecule has 2 aromatic carbocycles. The van der Waals surface area contributed by atoms with Crippen LogP contribution in [0.15, 0.2) is 53.5 Å². The van der Waals surface area contributed by atoms with Crippen LogP contribution in [0, 0.1) is 0 Å². The summed E-state index contributed by atoms with van der Waals surface area (Å²) >= 11 is 0. The van der Waals surface area contributed by atoms with E-state index in [9.17, 15) is 9.59 Å². The van der Waals surface area contributed by atoms with E-state index in [2.05, 4.69) is 20.3 Å². The number of ether oxygens (including phenoxy) is 3. The van der Waals surface area contributed by atoms with Gasteiger partial charge in [0.1, 0.15) is 17.9 Å². The molecule has 0 atom stereocenters. The molecule has 2 aromatic heterocycles. The molecule has 2 N–H and O–H groups in total. The van der Waals surface area contributed by atoms with Gasteiger partial charge in [-0.15, -0.1) is 0 Å². The van der Waals surface area contributed by atoms with Gasteiger partial charge in [-0.05, 0) is 35.9 Å². The van der Waals surface area contributed by atoms with Crippen molar-refractivity contribution in [3.8, 4) is 28.5 Å². The Kier molecular flexibility index (Phi) is 5.77. The molecule has 0 spiro atoms. The van der Waals surface area contributed by atoms with Crippen LogP contribution in [0.3, 0.4) is 0 Å². The highest BCUT2D eigenvalue weighted by Gasteiger charge is 2.18. The second-order valence-electron chi connectivity index (χ2n) is 8.18. The molecule has 0 aliphatic carbocycles. The van der Waals surface area contributed by atoms with Crippen molar-refractivity contribution in [1.82, 2.24) is 19.9 Å². The predicted octanol–water partition coefficient (Wildman–Crippen LogP) is 2.47. The first kappa shape index (κ1) is 22.3. The van der Waals surface area contributed by atoms with Crippen molar-refractivity contribution in [1.29, 1.82) is 0 Å². The number of methoxy groups -OCH3 is 2. The molecule has 10 nitrogen and oxygen atoms in total. The Morgan fingerprint density at radius 1 is 1.14 bits per heavy atom. The molecule has 180 valence electrons. The third-order valence-corrected chi connectivity index (χ3v) is 5.97. The number of amides is 1. The first-order valence-electron chi connectivity index (χ1n) is 11.1. The Hall–Kier alpha value is -4.47. The molecule has 0 saturated heterocycles. The molecule has 0 fully saturated rings. The van der Waals surface area contributed by atoms with Crippen LogP contribution >= 0.6 is 0 Å². The van der Waals surface area contributed by atoms with E-state index in [1.165, 1.54) is 10.6 Å². The van der Waals surface area contributed by atoms with E-state index in [-0.39, 0.29) is 23.3 Å². The number of hydrogen-bond acceptors (Lipinski definition) is 7. The lowest BCUT2D eigenvalue weighted by Crippen LogP contribution is -2.28. The molecule has 0 bridgehead atoms. The maximum atomic E-state index is 12.8. The minimum Gasteiger partial charge on any atom is -0.493 e. The van der Waals surface area contributed by atoms with E-state index in [1.54, 1.807) is 32.5 Å². The van der Waals surface area contributed by atoms with Crippen LogP contribution < -0.4 is 30.0 Å². The van der Waals surface area contributed by atoms with Crippen molar-refractivity contribution in [2.75, 3.05) is 39.3 Å². The van der Waals surface area contributed by atoms with Gasteiger partial charge in [0, 0.05) is 25.2 Å². The zero-order valence-electron chi connectivity index (χ0n) is 19.6. The number of likely N-dealkylation sites (N-methyl/N-ethyl adjacent to an activating group) is 1. The summed E-state index contributed by atoms with van der Waals surface area (Å²) in [7, 11) is 5.12. The first-order chi connectivity index (χ1) is 17.0. The van der Waals surface area contributed by atoms with Gasteiger partial charge >= 0.3 is 0 Å². The highest BCUT2D eigenvalue weighted by atomic mass is 16.5. The fourth-order valence-corrected chi connectivity index (χ4v) is 4.04. The van der Waals surface area contributed by atoms with E-state index >= 15 is 0 Å². The summed E-state index contributed by atoms with van der Waals surface area (Å²) in [6, 6.07) is 12.6. The summed E-state index contributed by atoms with van der Waals surface area (Å²) in [5, 5.41) is 7.17. The SMILES string of the molecule is COc1ccc(CNC(=O)c2cc3c(=O)[nH]c(-c4ccc5c(c4)N(C)CCO5)cn3n2)cc1OC. The number of carbonyl (C=O) groups is 1. The maximum Gasteiger partial charge on any atom is 0.274 e. The number of fused-ring (bicyclic) bond motifs is 2. The van der Waals surface area contributed by atoms with E-state index in [4.69, 9.17) is 14.2 Å². The van der Waals surface area contributed by atoms with E-state index in [1.807, 2.05) is 31.3 Å². The van der Waals surface area contributed by atoms with Crippen molar-refractivity contribution in [3.05, 3.63) is 70.3 Å². The number of nitrogens with zero attached hydrogens (tertiary/aromatic N) is 3. The van der Waals surface area contributed by atoms with Crippen molar-refractivity contribution >= 4 is 17.1 Å². The lowest BCUT2D eigenvalue weighted by atomic mass is 10.1. The van der Waals surface area contributed by atoms with E-state index < -0.39 is 5.91 Å². The van der Waals surface area contributed by atoms with Crippen LogP contribution in [-0.2, 0) is 6.54 Å². The second kappa shape index (κ2) is 9.05. The van der Waals surface area contributed by atoms with E-state index in [0.29, 0.717) is 23.8 Å². The first-order valence-corrected chi connectivity index (χ1v) is 11.1. The number of aromatic amines is 1. The molecule has 10 heteroatoms. The number of rotatable bonds is 6. The average molecular weight is 476 g/mol. The molecule has 5 rings (SSSR count). The molecule has 1 aliphatic rings. The Bertz CT molecular complexity index is 1480. The molecule has 0 unspecified atom stereocenters. The zero-order valence-corrected chi connectivity index (χ0v) is 19.6. The van der Waals surface area contributed by atoms with Crippen LogP contribution in [0.4, 0.5) is 5.69 Å². The summed E-state index contributed by atoms with van der Waals surface area (Å²) in [6.07, 6.45) is 1.70. The van der Waals surface area contributed by atoms with Crippen LogP contribution in [0.1, 0.15) is 16.1 Å². The van der Waals surface area contributed by atoms with Gasteiger partial charge in [0.15, 0.2) is 17.2 Å². The van der Waals surface area contributed by atoms with Gasteiger partial charge in [-0.3, -0.25) is 9.59 Å². The van der Waals surface area contributed by atoms with Crippen LogP contribution in [0.5, 0.6) is 17.2 Å². The van der Waals surface area contributed by atoms with Gasteiger partial charge in [0.25, 0.3) is 11.5 Å². The highest BCUT2D eigenvalue weighted by Crippen LogP contribution is 2.34. The predicted molar refractivity (Wildman–Crippen MR) is 131 cm³/mol. The lowest BCUT2D eigenvalue weighted by Gasteiger charge is -2.28. The third-order valence-electron chi connectivity index (χ3n) is 5.97. The standard InChI is InChI=1S/C25H25N5O5/c1-29-8-9-35-21-7-5-16(11-19(21)29)18-14-30-20(25(32)27-18)12-17(28-30)24(31)26-13-15-4-6-22(33-2)23(10-15)34-3/h4-7,10-12,14H,8-9,13H2,1-3H3,(H,26,31)(H,27,32). The summed E-state index contributed by atoms with van der Waals surface area (Å²) in [5.74, 6) is 1.59. The number of carbonyl (C=O) groups excluding carboxylic acids is 1. The number of benzene rings is 2. The summed E-state index contributed by atoms with van der Waals surface area (Å²) in [4.78, 5) is 30.5. The minimum absolute atomic E-state index is 0.145. The van der Waals surface area contributed by atoms with Gasteiger partial charge in [-0.2, -0.15) is 5.10 Å². The second-order valence-corrected chi connectivity index (χ2v) is 8.18. The van der Waals surface area contributed by atoms with Gasteiger partial charge < -0.3 is 29.4 Å². The number of H-pyrrole nitrogens is 1. The normalized spacial score (nSPS) is 12.7. The molecule has 1 amide bonds. The molecule has 35 heavy (non-hydrogen) atoms. The molecule has 3 heterocycles. The van der Waals surface area contributed by atoms with Crippen molar-refractivity contribution in [2.24, 2.45) is 0 Å². The lowest BCUT2D eigenvalue weighted by molar-refractivity contribution is 0.0945. The molecule has 4 aromatic rings. The topological polar surface area (TPSA) is 110 Å². The molecule has 0 radical (unpaired) electrons. The van der Waals surface area contributed by atoms with Gasteiger partial charge in [-0.1, -0.05) is 6.07 Å². The van der Waals surface area contributed by atoms with Crippen LogP contribution in [0.25, 0.3) is 16.8 Å². The number of nitrogens with one attached hydrogen (secondary N) is 2. The Labute approximate surface area is 201 Å². The van der Waals surface area contributed by atoms with Crippen molar-refractivity contribution in [2.45, 2.75) is 6.54 Å². The fraction of sp³-hybridized carbons (Fsp3) is 0.240. The summed E-state index contributed by atoms with van der Waals surface area (Å²) < 4.78 is 17.7. The fourth-order valence-electron chi connectivity index (χ4n) is 4.04. The van der Waals surface area contributed by atoms with E-state index in [0.717, 1.165) is 29.1 Å². The average Bonchev–Trinajstić information content (AvgIpc) is 3.32. The van der Waals surface area contributed by atoms with Crippen molar-refractivity contribution < 1.29 is 19.0 Å². The van der Waals surface area contributed by atoms with Crippen LogP contribution in [-0.4, -0.2) is 54.9 Å². The highest BCUT2D eigenvalue weighted by molar-refractivity contribution is 5.93. The quantitative estimate of drug-likeness (QED) is 0.441. The Morgan fingerprint density at radius 2 is 1.97 bits per heavy atom. The summed E-state index contributed by atoms with van der Waals surface area (Å²) in [5.41, 5.74) is 3.28. The van der Waals surface area contributed by atoms with Gasteiger partial charge in [0.05, 0.1) is 38.3 Å². The van der Waals surface area contributed by atoms with Gasteiger partial charge in [0.2, 0.25) is 0 Å². The Morgan fingerprint density at radius 3 is 2.77 bits per heavy atom. The Balaban J connectivity index is 1.38. The molecule has 0 saturated carbocycles. The van der Waals surface area contributed by atoms with Crippen molar-refractivity contribution in [3.63, 3.8) is 0 Å². The van der Waals surface area contributed by atoms with Crippen LogP contribution in [0.2, 0.25) is 0 Å². The minimum atomic E-state index is -0.392. The molecular formula is C25H25N5O5. The molecule has 1 aliphatic heterocycles. The molecular weight excluding hydrogens is 450 g/mol. The van der Waals surface area contributed by atoms with Gasteiger partial charge in [-0.25, -0.2) is 4.52 Å². The summed E-state index contributed by atoms with van der Waals surface area (Å²) in [6.45, 7) is 1.68. The zero-order chi connectivity index (χ0) is 24.5. The number of hydrogen-bond donors (Lipinski definition) is 2.